The van der Waals surface area contributed by atoms with Crippen LogP contribution in [0.4, 0.5) is 0 Å². The highest BCUT2D eigenvalue weighted by atomic mass is 79.9. The van der Waals surface area contributed by atoms with E-state index in [1.165, 1.54) is 34.2 Å². The molecule has 0 radical (unpaired) electrons. The van der Waals surface area contributed by atoms with Crippen molar-refractivity contribution >= 4 is 27.3 Å². The van der Waals surface area contributed by atoms with E-state index in [0.717, 1.165) is 0 Å². The first-order valence-electron chi connectivity index (χ1n) is 6.83. The Bertz CT molecular complexity index is 549. The molecule has 0 saturated carbocycles. The van der Waals surface area contributed by atoms with Gasteiger partial charge in [-0.2, -0.15) is 0 Å². The maximum absolute atomic E-state index is 3.79. The number of aryl methyl sites for hydroxylation is 1. The summed E-state index contributed by atoms with van der Waals surface area (Å²) in [6, 6.07) is 13.9. The van der Waals surface area contributed by atoms with Crippen LogP contribution < -0.4 is 5.32 Å². The average Bonchev–Trinajstić information content (AvgIpc) is 2.81. The Morgan fingerprint density at radius 3 is 2.89 bits per heavy atom. The average molecular weight is 336 g/mol. The lowest BCUT2D eigenvalue weighted by molar-refractivity contribution is 0.418. The van der Waals surface area contributed by atoms with Crippen LogP contribution in [-0.4, -0.2) is 0 Å². The molecule has 1 unspecified atom stereocenters. The maximum atomic E-state index is 3.79. The van der Waals surface area contributed by atoms with Gasteiger partial charge in [-0.3, -0.25) is 0 Å². The van der Waals surface area contributed by atoms with Crippen molar-refractivity contribution in [2.24, 2.45) is 0 Å². The number of hydrogen-bond acceptors (Lipinski definition) is 2. The highest BCUT2D eigenvalue weighted by Crippen LogP contribution is 2.38. The predicted molar refractivity (Wildman–Crippen MR) is 85.7 cm³/mol. The van der Waals surface area contributed by atoms with E-state index in [-0.39, 0.29) is 0 Å². The van der Waals surface area contributed by atoms with Gasteiger partial charge in [-0.05, 0) is 59.3 Å². The number of halogens is 1. The Labute approximate surface area is 127 Å². The molecule has 19 heavy (non-hydrogen) atoms. The van der Waals surface area contributed by atoms with Crippen molar-refractivity contribution < 1.29 is 0 Å². The molecule has 1 heterocycles. The van der Waals surface area contributed by atoms with Gasteiger partial charge in [0.15, 0.2) is 0 Å². The van der Waals surface area contributed by atoms with Crippen LogP contribution in [0.1, 0.15) is 47.9 Å². The fraction of sp³-hybridized carbons (Fsp3) is 0.375. The molecule has 1 aromatic heterocycles. The van der Waals surface area contributed by atoms with Gasteiger partial charge in [0.05, 0.1) is 3.79 Å². The zero-order valence-corrected chi connectivity index (χ0v) is 13.4. The molecule has 0 bridgehead atoms. The summed E-state index contributed by atoms with van der Waals surface area (Å²) >= 11 is 5.52. The lowest BCUT2D eigenvalue weighted by Gasteiger charge is -2.27. The van der Waals surface area contributed by atoms with Crippen molar-refractivity contribution in [2.75, 3.05) is 0 Å². The Balaban J connectivity index is 1.77. The highest BCUT2D eigenvalue weighted by Gasteiger charge is 2.23. The first-order valence-corrected chi connectivity index (χ1v) is 8.44. The summed E-state index contributed by atoms with van der Waals surface area (Å²) in [7, 11) is 0. The smallest absolute Gasteiger partial charge is 0.0704 e. The Morgan fingerprint density at radius 1 is 1.32 bits per heavy atom. The van der Waals surface area contributed by atoms with Crippen molar-refractivity contribution in [1.82, 2.24) is 5.32 Å². The van der Waals surface area contributed by atoms with Crippen LogP contribution in [0.3, 0.4) is 0 Å². The van der Waals surface area contributed by atoms with E-state index in [1.807, 2.05) is 11.3 Å². The van der Waals surface area contributed by atoms with Gasteiger partial charge in [-0.15, -0.1) is 11.3 Å². The standard InChI is InChI=1S/C16H18BrNS/c1-11(12-6-3-2-4-7-12)18-14-8-5-9-15-13(14)10-16(17)19-15/h2-4,6-7,10-11,14,18H,5,8-9H2,1H3/t11-,14?/m0/s1. The lowest BCUT2D eigenvalue weighted by atomic mass is 9.93. The van der Waals surface area contributed by atoms with Gasteiger partial charge in [-0.1, -0.05) is 30.3 Å². The Kier molecular flexibility index (Phi) is 4.06. The third kappa shape index (κ3) is 2.93. The molecule has 100 valence electrons. The number of thiophene rings is 1. The van der Waals surface area contributed by atoms with Crippen molar-refractivity contribution in [3.8, 4) is 0 Å². The van der Waals surface area contributed by atoms with E-state index in [4.69, 9.17) is 0 Å². The van der Waals surface area contributed by atoms with Crippen LogP contribution in [0.2, 0.25) is 0 Å². The quantitative estimate of drug-likeness (QED) is 0.808. The van der Waals surface area contributed by atoms with Gasteiger partial charge >= 0.3 is 0 Å². The SMILES string of the molecule is C[C@H](NC1CCCc2sc(Br)cc21)c1ccccc1. The van der Waals surface area contributed by atoms with Gasteiger partial charge < -0.3 is 5.32 Å². The summed E-state index contributed by atoms with van der Waals surface area (Å²) in [5.41, 5.74) is 2.87. The normalized spacial score (nSPS) is 20.0. The molecule has 0 amide bonds. The lowest BCUT2D eigenvalue weighted by Crippen LogP contribution is -2.27. The van der Waals surface area contributed by atoms with E-state index in [1.54, 1.807) is 4.88 Å². The molecule has 0 fully saturated rings. The largest absolute Gasteiger partial charge is 0.303 e. The van der Waals surface area contributed by atoms with Gasteiger partial charge in [0.25, 0.3) is 0 Å². The molecule has 1 aliphatic carbocycles. The molecule has 1 N–H and O–H groups in total. The molecule has 1 aromatic carbocycles. The summed E-state index contributed by atoms with van der Waals surface area (Å²) in [4.78, 5) is 1.55. The topological polar surface area (TPSA) is 12.0 Å². The zero-order valence-electron chi connectivity index (χ0n) is 11.0. The van der Waals surface area contributed by atoms with E-state index >= 15 is 0 Å². The van der Waals surface area contributed by atoms with Crippen LogP contribution in [0.25, 0.3) is 0 Å². The summed E-state index contributed by atoms with van der Waals surface area (Å²) in [5.74, 6) is 0. The summed E-state index contributed by atoms with van der Waals surface area (Å²) in [5, 5.41) is 3.79. The third-order valence-electron chi connectivity index (χ3n) is 3.83. The van der Waals surface area contributed by atoms with Crippen molar-refractivity contribution in [3.63, 3.8) is 0 Å². The van der Waals surface area contributed by atoms with E-state index in [0.29, 0.717) is 12.1 Å². The van der Waals surface area contributed by atoms with Gasteiger partial charge in [0.1, 0.15) is 0 Å². The van der Waals surface area contributed by atoms with Crippen LogP contribution in [0.15, 0.2) is 40.2 Å². The van der Waals surface area contributed by atoms with Crippen LogP contribution in [0.5, 0.6) is 0 Å². The van der Waals surface area contributed by atoms with Crippen LogP contribution >= 0.6 is 27.3 Å². The van der Waals surface area contributed by atoms with Crippen LogP contribution in [0, 0.1) is 0 Å². The molecule has 2 atom stereocenters. The van der Waals surface area contributed by atoms with Crippen molar-refractivity contribution in [2.45, 2.75) is 38.3 Å². The first kappa shape index (κ1) is 13.3. The maximum Gasteiger partial charge on any atom is 0.0704 e. The molecule has 3 heteroatoms. The van der Waals surface area contributed by atoms with Crippen molar-refractivity contribution in [1.29, 1.82) is 0 Å². The second-order valence-electron chi connectivity index (χ2n) is 5.17. The molecule has 3 rings (SSSR count). The van der Waals surface area contributed by atoms with E-state index < -0.39 is 0 Å². The Hall–Kier alpha value is -0.640. The monoisotopic (exact) mass is 335 g/mol. The van der Waals surface area contributed by atoms with Gasteiger partial charge in [-0.25, -0.2) is 0 Å². The molecule has 0 aliphatic heterocycles. The second kappa shape index (κ2) is 5.78. The first-order chi connectivity index (χ1) is 9.24. The van der Waals surface area contributed by atoms with E-state index in [2.05, 4.69) is 64.6 Å². The van der Waals surface area contributed by atoms with Gasteiger partial charge in [0, 0.05) is 17.0 Å². The number of fused-ring (bicyclic) bond motifs is 1. The van der Waals surface area contributed by atoms with Crippen LogP contribution in [-0.2, 0) is 6.42 Å². The minimum absolute atomic E-state index is 0.399. The molecule has 2 aromatic rings. The molecule has 0 saturated heterocycles. The molecule has 0 spiro atoms. The second-order valence-corrected chi connectivity index (χ2v) is 7.69. The zero-order chi connectivity index (χ0) is 13.2. The number of nitrogens with one attached hydrogen (secondary N) is 1. The molecular weight excluding hydrogens is 318 g/mol. The third-order valence-corrected chi connectivity index (χ3v) is 5.55. The summed E-state index contributed by atoms with van der Waals surface area (Å²) in [6.07, 6.45) is 3.77. The van der Waals surface area contributed by atoms with Crippen molar-refractivity contribution in [3.05, 3.63) is 56.2 Å². The summed E-state index contributed by atoms with van der Waals surface area (Å²) < 4.78 is 1.26. The molecule has 1 nitrogen and oxygen atoms in total. The Morgan fingerprint density at radius 2 is 2.11 bits per heavy atom. The van der Waals surface area contributed by atoms with Gasteiger partial charge in [0.2, 0.25) is 0 Å². The molecular formula is C16H18BrNS. The van der Waals surface area contributed by atoms with E-state index in [9.17, 15) is 0 Å². The summed E-state index contributed by atoms with van der Waals surface area (Å²) in [6.45, 7) is 2.25. The number of hydrogen-bond donors (Lipinski definition) is 1. The highest BCUT2D eigenvalue weighted by molar-refractivity contribution is 9.11. The minimum Gasteiger partial charge on any atom is -0.303 e. The predicted octanol–water partition coefficient (Wildman–Crippen LogP) is 5.24. The number of benzene rings is 1. The fourth-order valence-corrected chi connectivity index (χ4v) is 4.65. The molecule has 1 aliphatic rings. The fourth-order valence-electron chi connectivity index (χ4n) is 2.83. The number of rotatable bonds is 3. The minimum atomic E-state index is 0.399.